The maximum Gasteiger partial charge on any atom is 0.346 e. The quantitative estimate of drug-likeness (QED) is 0.0272. The van der Waals surface area contributed by atoms with E-state index in [4.69, 9.17) is 60.6 Å². The summed E-state index contributed by atoms with van der Waals surface area (Å²) < 4.78 is 16.5. The summed E-state index contributed by atoms with van der Waals surface area (Å²) in [4.78, 5) is 67.8. The van der Waals surface area contributed by atoms with Crippen molar-refractivity contribution in [2.24, 2.45) is 0 Å². The van der Waals surface area contributed by atoms with Crippen molar-refractivity contribution in [1.29, 1.82) is 0 Å². The molecule has 13 heteroatoms. The van der Waals surface area contributed by atoms with Gasteiger partial charge in [0.15, 0.2) is 5.78 Å². The van der Waals surface area contributed by atoms with Gasteiger partial charge >= 0.3 is 11.9 Å². The SMILES string of the molecule is CC(C)OCCCCCC(=O)C(C)(C)OCCCCN1C(=O)c2cc(Cl)c3c4c(Cl)cc5c6c(cc(Cl)c(c7c(Cl)cc(c2c37)C1=O)c64)C(=O)OC5=O. The van der Waals surface area contributed by atoms with Crippen molar-refractivity contribution in [2.45, 2.75) is 77.9 Å². The lowest BCUT2D eigenvalue weighted by Crippen LogP contribution is -2.41. The average molecular weight is 800 g/mol. The van der Waals surface area contributed by atoms with E-state index in [1.54, 1.807) is 13.8 Å². The van der Waals surface area contributed by atoms with Gasteiger partial charge in [0.2, 0.25) is 0 Å². The molecule has 2 aliphatic heterocycles. The van der Waals surface area contributed by atoms with Crippen LogP contribution in [-0.4, -0.2) is 65.9 Å². The van der Waals surface area contributed by atoms with E-state index in [2.05, 4.69) is 0 Å². The van der Waals surface area contributed by atoms with E-state index in [-0.39, 0.29) is 67.4 Å². The maximum absolute atomic E-state index is 14.1. The highest BCUT2D eigenvalue weighted by molar-refractivity contribution is 6.55. The molecule has 0 N–H and O–H groups in total. The second kappa shape index (κ2) is 14.3. The lowest BCUT2D eigenvalue weighted by molar-refractivity contribution is -0.140. The number of rotatable bonds is 14. The van der Waals surface area contributed by atoms with Crippen molar-refractivity contribution in [3.8, 4) is 0 Å². The lowest BCUT2D eigenvalue weighted by atomic mass is 9.82. The molecule has 0 spiro atoms. The van der Waals surface area contributed by atoms with Crippen LogP contribution in [0.2, 0.25) is 20.1 Å². The second-order valence-electron chi connectivity index (χ2n) is 14.3. The first-order chi connectivity index (χ1) is 25.1. The smallest absolute Gasteiger partial charge is 0.346 e. The summed E-state index contributed by atoms with van der Waals surface area (Å²) in [5.74, 6) is -2.74. The number of nitrogens with zero attached hydrogens (tertiary/aromatic N) is 1. The molecule has 5 aromatic rings. The van der Waals surface area contributed by atoms with Crippen molar-refractivity contribution < 1.29 is 38.2 Å². The molecule has 9 nitrogen and oxygen atoms in total. The van der Waals surface area contributed by atoms with Gasteiger partial charge in [0.05, 0.1) is 28.4 Å². The Balaban J connectivity index is 1.16. The van der Waals surface area contributed by atoms with Crippen molar-refractivity contribution in [1.82, 2.24) is 4.90 Å². The van der Waals surface area contributed by atoms with Crippen molar-refractivity contribution in [3.05, 3.63) is 66.6 Å². The highest BCUT2D eigenvalue weighted by atomic mass is 35.5. The van der Waals surface area contributed by atoms with Gasteiger partial charge < -0.3 is 14.2 Å². The predicted octanol–water partition coefficient (Wildman–Crippen LogP) is 10.4. The van der Waals surface area contributed by atoms with Crippen LogP contribution in [0.3, 0.4) is 0 Å². The maximum atomic E-state index is 14.1. The predicted molar refractivity (Wildman–Crippen MR) is 207 cm³/mol. The molecule has 0 atom stereocenters. The van der Waals surface area contributed by atoms with Gasteiger partial charge in [-0.2, -0.15) is 0 Å². The summed E-state index contributed by atoms with van der Waals surface area (Å²) in [6, 6.07) is 5.85. The van der Waals surface area contributed by atoms with Crippen LogP contribution < -0.4 is 0 Å². The van der Waals surface area contributed by atoms with E-state index in [1.165, 1.54) is 29.2 Å². The standard InChI is InChI=1S/C40H35Cl4NO8/c1-18(2)51-12-8-5-6-10-27(46)40(3,4)52-13-9-7-11-45-36(47)19-14-23(41)30-32-25(43)16-21-29-22(39(50)53-38(21)49)17-26(44)33(35(29)32)31-24(42)15-20(37(45)48)28(19)34(30)31/h14-18H,5-13H2,1-4H3. The molecule has 0 unspecified atom stereocenters. The highest BCUT2D eigenvalue weighted by Crippen LogP contribution is 2.53. The molecule has 53 heavy (non-hydrogen) atoms. The van der Waals surface area contributed by atoms with Crippen LogP contribution >= 0.6 is 46.4 Å². The van der Waals surface area contributed by atoms with Crippen LogP contribution in [0.5, 0.6) is 0 Å². The van der Waals surface area contributed by atoms with E-state index in [9.17, 15) is 24.0 Å². The van der Waals surface area contributed by atoms with Crippen LogP contribution in [0.25, 0.3) is 43.1 Å². The molecule has 2 heterocycles. The zero-order valence-corrected chi connectivity index (χ0v) is 32.5. The van der Waals surface area contributed by atoms with Crippen LogP contribution in [0.4, 0.5) is 0 Å². The molecular weight excluding hydrogens is 764 g/mol. The molecule has 0 radical (unpaired) electrons. The monoisotopic (exact) mass is 797 g/mol. The zero-order valence-electron chi connectivity index (χ0n) is 29.5. The number of ketones is 1. The molecule has 5 aromatic carbocycles. The number of benzene rings is 5. The molecule has 0 aliphatic carbocycles. The van der Waals surface area contributed by atoms with Gasteiger partial charge in [-0.05, 0) is 77.6 Å². The normalized spacial score (nSPS) is 14.6. The highest BCUT2D eigenvalue weighted by Gasteiger charge is 2.38. The van der Waals surface area contributed by atoms with Gasteiger partial charge in [0.1, 0.15) is 5.60 Å². The molecular formula is C40H35Cl4NO8. The number of unbranched alkanes of at least 4 members (excludes halogenated alkanes) is 3. The number of hydrogen-bond donors (Lipinski definition) is 0. The summed E-state index contributed by atoms with van der Waals surface area (Å²) >= 11 is 27.7. The van der Waals surface area contributed by atoms with Crippen molar-refractivity contribution in [3.63, 3.8) is 0 Å². The van der Waals surface area contributed by atoms with Crippen LogP contribution in [0.15, 0.2) is 24.3 Å². The Hall–Kier alpha value is -3.57. The Morgan fingerprint density at radius 1 is 0.642 bits per heavy atom. The Kier molecular flexibility index (Phi) is 10.1. The van der Waals surface area contributed by atoms with E-state index in [1.807, 2.05) is 13.8 Å². The first kappa shape index (κ1) is 37.7. The van der Waals surface area contributed by atoms with E-state index in [0.29, 0.717) is 69.0 Å². The minimum atomic E-state index is -0.957. The Morgan fingerprint density at radius 3 is 1.58 bits per heavy atom. The third-order valence-electron chi connectivity index (χ3n) is 10.1. The largest absolute Gasteiger partial charge is 0.386 e. The topological polar surface area (TPSA) is 116 Å². The molecule has 0 aromatic heterocycles. The number of Topliss-reactive ketones (excluding diaryl/α,β-unsaturated/α-hetero) is 1. The average Bonchev–Trinajstić information content (AvgIpc) is 3.09. The number of cyclic esters (lactones) is 2. The van der Waals surface area contributed by atoms with Gasteiger partial charge in [0.25, 0.3) is 11.8 Å². The number of hydrogen-bond acceptors (Lipinski definition) is 8. The van der Waals surface area contributed by atoms with Crippen molar-refractivity contribution in [2.75, 3.05) is 19.8 Å². The fourth-order valence-corrected chi connectivity index (χ4v) is 8.71. The molecule has 276 valence electrons. The number of halogens is 4. The molecule has 0 bridgehead atoms. The fraction of sp³-hybridized carbons (Fsp3) is 0.375. The van der Waals surface area contributed by atoms with Crippen LogP contribution in [0, 0.1) is 0 Å². The minimum absolute atomic E-state index is 0.0237. The van der Waals surface area contributed by atoms with Gasteiger partial charge in [-0.1, -0.05) is 52.8 Å². The van der Waals surface area contributed by atoms with Gasteiger partial charge in [0, 0.05) is 89.4 Å². The third-order valence-corrected chi connectivity index (χ3v) is 11.3. The van der Waals surface area contributed by atoms with Crippen LogP contribution in [-0.2, 0) is 19.0 Å². The number of esters is 2. The second-order valence-corrected chi connectivity index (χ2v) is 15.9. The summed E-state index contributed by atoms with van der Waals surface area (Å²) in [6.07, 6.45) is 4.10. The fourth-order valence-electron chi connectivity index (χ4n) is 7.52. The molecule has 0 saturated heterocycles. The zero-order chi connectivity index (χ0) is 38.1. The first-order valence-corrected chi connectivity index (χ1v) is 19.0. The van der Waals surface area contributed by atoms with E-state index in [0.717, 1.165) is 19.3 Å². The molecule has 2 aliphatic rings. The first-order valence-electron chi connectivity index (χ1n) is 17.5. The Bertz CT molecular complexity index is 2290. The Labute approximate surface area is 325 Å². The van der Waals surface area contributed by atoms with Crippen molar-refractivity contribution >= 4 is 119 Å². The number of amides is 2. The number of fused-ring (bicyclic) bond motifs is 2. The van der Waals surface area contributed by atoms with Crippen LogP contribution in [0.1, 0.15) is 108 Å². The lowest BCUT2D eigenvalue weighted by Gasteiger charge is -2.30. The minimum Gasteiger partial charge on any atom is -0.386 e. The number of carbonyl (C=O) groups excluding carboxylic acids is 5. The molecule has 2 amide bonds. The van der Waals surface area contributed by atoms with Gasteiger partial charge in [-0.25, -0.2) is 9.59 Å². The van der Waals surface area contributed by atoms with Gasteiger partial charge in [-0.15, -0.1) is 0 Å². The summed E-state index contributed by atoms with van der Waals surface area (Å²) in [5, 5.41) is 3.63. The summed E-state index contributed by atoms with van der Waals surface area (Å²) in [5.41, 5.74) is -0.368. The number of ether oxygens (including phenoxy) is 3. The number of imide groups is 1. The van der Waals surface area contributed by atoms with E-state index >= 15 is 0 Å². The molecule has 0 saturated carbocycles. The molecule has 7 rings (SSSR count). The van der Waals surface area contributed by atoms with Gasteiger partial charge in [-0.3, -0.25) is 19.3 Å². The Morgan fingerprint density at radius 2 is 1.09 bits per heavy atom. The molecule has 0 fully saturated rings. The summed E-state index contributed by atoms with van der Waals surface area (Å²) in [6.45, 7) is 8.56. The third kappa shape index (κ3) is 6.33. The number of carbonyl (C=O) groups is 5. The summed E-state index contributed by atoms with van der Waals surface area (Å²) in [7, 11) is 0. The van der Waals surface area contributed by atoms with E-state index < -0.39 is 29.4 Å².